The molecule has 4 rings (SSSR count). The van der Waals surface area contributed by atoms with Gasteiger partial charge in [-0.05, 0) is 42.4 Å². The van der Waals surface area contributed by atoms with E-state index in [2.05, 4.69) is 6.58 Å². The summed E-state index contributed by atoms with van der Waals surface area (Å²) < 4.78 is 17.3. The van der Waals surface area contributed by atoms with E-state index in [1.807, 2.05) is 26.8 Å². The maximum absolute atomic E-state index is 12.3. The smallest absolute Gasteiger partial charge is 0.303 e. The van der Waals surface area contributed by atoms with Crippen LogP contribution in [0.15, 0.2) is 34.5 Å². The third-order valence-corrected chi connectivity index (χ3v) is 7.76. The molecule has 0 bridgehead atoms. The van der Waals surface area contributed by atoms with Gasteiger partial charge >= 0.3 is 11.9 Å². The largest absolute Gasteiger partial charge is 0.468 e. The molecule has 6 heteroatoms. The molecule has 1 aromatic heterocycles. The highest BCUT2D eigenvalue weighted by atomic mass is 16.6. The summed E-state index contributed by atoms with van der Waals surface area (Å²) in [6.07, 6.45) is 2.48. The van der Waals surface area contributed by atoms with Gasteiger partial charge in [-0.2, -0.15) is 0 Å². The van der Waals surface area contributed by atoms with Crippen molar-refractivity contribution in [1.82, 2.24) is 0 Å². The monoisotopic (exact) mass is 414 g/mol. The minimum atomic E-state index is -1.26. The van der Waals surface area contributed by atoms with E-state index in [1.165, 1.54) is 13.8 Å². The number of carbonyl (C=O) groups is 2. The molecule has 1 aromatic rings. The van der Waals surface area contributed by atoms with Crippen molar-refractivity contribution in [2.24, 2.45) is 10.8 Å². The van der Waals surface area contributed by atoms with Crippen LogP contribution in [-0.2, 0) is 25.5 Å². The first-order valence-electron chi connectivity index (χ1n) is 10.5. The summed E-state index contributed by atoms with van der Waals surface area (Å²) in [7, 11) is 0. The average Bonchev–Trinajstić information content (AvgIpc) is 3.10. The lowest BCUT2D eigenvalue weighted by Gasteiger charge is -2.64. The maximum Gasteiger partial charge on any atom is 0.303 e. The molecule has 1 saturated carbocycles. The Bertz CT molecular complexity index is 966. The highest BCUT2D eigenvalue weighted by Gasteiger charge is 2.68. The Hall–Kier alpha value is -2.34. The van der Waals surface area contributed by atoms with Crippen LogP contribution in [0.25, 0.3) is 5.57 Å². The number of rotatable bonds is 2. The van der Waals surface area contributed by atoms with Crippen LogP contribution in [0, 0.1) is 10.8 Å². The Labute approximate surface area is 176 Å². The van der Waals surface area contributed by atoms with E-state index in [-0.39, 0.29) is 12.4 Å². The van der Waals surface area contributed by atoms with Crippen LogP contribution in [0.3, 0.4) is 0 Å². The van der Waals surface area contributed by atoms with Crippen LogP contribution >= 0.6 is 0 Å². The summed E-state index contributed by atoms with van der Waals surface area (Å²) in [6, 6.07) is 1.86. The molecule has 0 radical (unpaired) electrons. The molecular formula is C24H30O6. The van der Waals surface area contributed by atoms with Crippen molar-refractivity contribution in [2.75, 3.05) is 0 Å². The molecule has 0 amide bonds. The first-order chi connectivity index (χ1) is 13.9. The summed E-state index contributed by atoms with van der Waals surface area (Å²) in [5.74, 6) is -0.0217. The van der Waals surface area contributed by atoms with Crippen molar-refractivity contribution in [3.8, 4) is 0 Å². The van der Waals surface area contributed by atoms with Crippen molar-refractivity contribution < 1.29 is 28.6 Å². The molecule has 1 fully saturated rings. The molecule has 0 saturated heterocycles. The first-order valence-corrected chi connectivity index (χ1v) is 10.5. The van der Waals surface area contributed by atoms with Gasteiger partial charge in [-0.25, -0.2) is 0 Å². The molecule has 3 aliphatic rings. The SMILES string of the molecule is C=C1C2=C(Cc3occc31)[C@@]1(C)[C@@H](OC(C)=O)CCC(C)(C)[C@]1(O)C[C@@H]2OC(C)=O. The normalized spacial score (nSPS) is 34.5. The van der Waals surface area contributed by atoms with Gasteiger partial charge in [0.1, 0.15) is 18.0 Å². The predicted molar refractivity (Wildman–Crippen MR) is 110 cm³/mol. The highest BCUT2D eigenvalue weighted by Crippen LogP contribution is 2.65. The van der Waals surface area contributed by atoms with Crippen molar-refractivity contribution in [3.05, 3.63) is 41.4 Å². The van der Waals surface area contributed by atoms with E-state index < -0.39 is 34.6 Å². The van der Waals surface area contributed by atoms with Gasteiger partial charge in [0.15, 0.2) is 0 Å². The number of esters is 2. The van der Waals surface area contributed by atoms with E-state index in [9.17, 15) is 14.7 Å². The molecule has 0 unspecified atom stereocenters. The summed E-state index contributed by atoms with van der Waals surface area (Å²) in [6.45, 7) is 13.1. The molecule has 162 valence electrons. The quantitative estimate of drug-likeness (QED) is 0.737. The molecule has 4 atom stereocenters. The molecule has 0 aliphatic heterocycles. The van der Waals surface area contributed by atoms with Gasteiger partial charge in [0, 0.05) is 37.8 Å². The van der Waals surface area contributed by atoms with Crippen molar-refractivity contribution >= 4 is 17.5 Å². The van der Waals surface area contributed by atoms with Crippen LogP contribution in [0.4, 0.5) is 0 Å². The molecule has 1 heterocycles. The fourth-order valence-electron chi connectivity index (χ4n) is 6.12. The van der Waals surface area contributed by atoms with E-state index in [4.69, 9.17) is 13.9 Å². The van der Waals surface area contributed by atoms with Gasteiger partial charge in [-0.15, -0.1) is 0 Å². The Morgan fingerprint density at radius 2 is 1.87 bits per heavy atom. The summed E-state index contributed by atoms with van der Waals surface area (Å²) in [4.78, 5) is 23.9. The van der Waals surface area contributed by atoms with Crippen molar-refractivity contribution in [2.45, 2.75) is 78.1 Å². The molecule has 3 aliphatic carbocycles. The van der Waals surface area contributed by atoms with Gasteiger partial charge < -0.3 is 19.0 Å². The predicted octanol–water partition coefficient (Wildman–Crippen LogP) is 3.97. The Balaban J connectivity index is 1.98. The van der Waals surface area contributed by atoms with Gasteiger partial charge in [-0.1, -0.05) is 20.4 Å². The Morgan fingerprint density at radius 3 is 2.50 bits per heavy atom. The lowest BCUT2D eigenvalue weighted by Crippen LogP contribution is -2.69. The molecule has 6 nitrogen and oxygen atoms in total. The number of furan rings is 1. The zero-order valence-corrected chi connectivity index (χ0v) is 18.3. The second-order valence-electron chi connectivity index (χ2n) is 9.69. The lowest BCUT2D eigenvalue weighted by atomic mass is 9.44. The summed E-state index contributed by atoms with van der Waals surface area (Å²) in [5, 5.41) is 12.3. The van der Waals surface area contributed by atoms with Crippen LogP contribution in [0.5, 0.6) is 0 Å². The summed E-state index contributed by atoms with van der Waals surface area (Å²) >= 11 is 0. The fraction of sp³-hybridized carbons (Fsp3) is 0.583. The highest BCUT2D eigenvalue weighted by molar-refractivity contribution is 5.84. The third kappa shape index (κ3) is 2.66. The van der Waals surface area contributed by atoms with Crippen LogP contribution in [0.2, 0.25) is 0 Å². The van der Waals surface area contributed by atoms with Gasteiger partial charge in [0.2, 0.25) is 0 Å². The lowest BCUT2D eigenvalue weighted by molar-refractivity contribution is -0.236. The Kier molecular flexibility index (Phi) is 4.59. The van der Waals surface area contributed by atoms with E-state index in [0.29, 0.717) is 19.3 Å². The zero-order valence-electron chi connectivity index (χ0n) is 18.3. The van der Waals surface area contributed by atoms with Crippen LogP contribution in [0.1, 0.15) is 65.2 Å². The van der Waals surface area contributed by atoms with Crippen molar-refractivity contribution in [1.29, 1.82) is 0 Å². The van der Waals surface area contributed by atoms with Gasteiger partial charge in [-0.3, -0.25) is 9.59 Å². The fourth-order valence-corrected chi connectivity index (χ4v) is 6.12. The number of carbonyl (C=O) groups excluding carboxylic acids is 2. The number of fused-ring (bicyclic) bond motifs is 3. The van der Waals surface area contributed by atoms with E-state index in [1.54, 1.807) is 6.26 Å². The molecule has 30 heavy (non-hydrogen) atoms. The van der Waals surface area contributed by atoms with Crippen molar-refractivity contribution in [3.63, 3.8) is 0 Å². The minimum absolute atomic E-state index is 0.221. The summed E-state index contributed by atoms with van der Waals surface area (Å²) in [5.41, 5.74) is 0.704. The average molecular weight is 414 g/mol. The molecule has 0 spiro atoms. The number of aliphatic hydroxyl groups is 1. The topological polar surface area (TPSA) is 86.0 Å². The second-order valence-corrected chi connectivity index (χ2v) is 9.69. The molecular weight excluding hydrogens is 384 g/mol. The minimum Gasteiger partial charge on any atom is -0.468 e. The number of hydrogen-bond donors (Lipinski definition) is 1. The molecule has 1 N–H and O–H groups in total. The van der Waals surface area contributed by atoms with Gasteiger partial charge in [0.25, 0.3) is 0 Å². The van der Waals surface area contributed by atoms with E-state index >= 15 is 0 Å². The number of ether oxygens (including phenoxy) is 2. The number of hydrogen-bond acceptors (Lipinski definition) is 6. The van der Waals surface area contributed by atoms with Crippen LogP contribution < -0.4 is 0 Å². The zero-order chi connectivity index (χ0) is 22.1. The van der Waals surface area contributed by atoms with Crippen LogP contribution in [-0.4, -0.2) is 34.9 Å². The second kappa shape index (κ2) is 6.58. The standard InChI is InChI=1S/C24H30O6/c1-13-16-8-10-28-18(16)11-17-21(13)19(29-14(2)25)12-24(27)22(4,5)9-7-20(23(17,24)6)30-15(3)26/h8,10,19-20,27H,1,7,9,11-12H2,2-6H3/t19-,20-,23-,24+/m0/s1. The van der Waals surface area contributed by atoms with Gasteiger partial charge in [0.05, 0.1) is 17.3 Å². The first kappa shape index (κ1) is 20.9. The third-order valence-electron chi connectivity index (χ3n) is 7.76. The van der Waals surface area contributed by atoms with E-state index in [0.717, 1.165) is 28.0 Å². The Morgan fingerprint density at radius 1 is 1.20 bits per heavy atom. The molecule has 0 aromatic carbocycles. The maximum atomic E-state index is 12.3.